The molecule has 0 aromatic carbocycles. The zero-order valence-electron chi connectivity index (χ0n) is 16.3. The first-order valence-electron chi connectivity index (χ1n) is 7.70. The van der Waals surface area contributed by atoms with Gasteiger partial charge in [-0.05, 0) is 42.3 Å². The van der Waals surface area contributed by atoms with Crippen molar-refractivity contribution in [3.63, 3.8) is 0 Å². The second-order valence-corrected chi connectivity index (χ2v) is 17.2. The molecule has 0 heterocycles. The van der Waals surface area contributed by atoms with Crippen molar-refractivity contribution in [3.05, 3.63) is 23.0 Å². The van der Waals surface area contributed by atoms with Crippen molar-refractivity contribution in [2.24, 2.45) is 0 Å². The molecule has 0 atom stereocenters. The van der Waals surface area contributed by atoms with E-state index in [1.54, 1.807) is 83.9 Å². The number of rotatable bonds is 17. The Hall–Kier alpha value is 1.07. The van der Waals surface area contributed by atoms with Crippen molar-refractivity contribution in [1.29, 1.82) is 0 Å². The van der Waals surface area contributed by atoms with Gasteiger partial charge >= 0.3 is 17.6 Å². The summed E-state index contributed by atoms with van der Waals surface area (Å²) in [6.45, 7) is 8.18. The molecule has 0 aromatic rings. The molecule has 0 amide bonds. The molecule has 0 aliphatic rings. The van der Waals surface area contributed by atoms with Gasteiger partial charge in [-0.15, -0.1) is 0 Å². The van der Waals surface area contributed by atoms with Crippen molar-refractivity contribution in [1.82, 2.24) is 0 Å². The minimum absolute atomic E-state index is 0.713. The molecule has 154 valence electrons. The first-order chi connectivity index (χ1) is 12.4. The highest BCUT2D eigenvalue weighted by molar-refractivity contribution is 9.26. The van der Waals surface area contributed by atoms with E-state index in [1.165, 1.54) is 0 Å². The van der Waals surface area contributed by atoms with Gasteiger partial charge in [0.2, 0.25) is 0 Å². The smallest absolute Gasteiger partial charge is 0.377 e. The molecule has 0 spiro atoms. The van der Waals surface area contributed by atoms with Crippen molar-refractivity contribution < 1.29 is 26.6 Å². The normalized spacial score (nSPS) is 12.4. The van der Waals surface area contributed by atoms with E-state index in [-0.39, 0.29) is 0 Å². The van der Waals surface area contributed by atoms with Crippen LogP contribution in [-0.2, 0) is 26.6 Å². The van der Waals surface area contributed by atoms with Crippen LogP contribution in [0.15, 0.2) is 23.0 Å². The van der Waals surface area contributed by atoms with Crippen LogP contribution in [0, 0.1) is 0 Å². The maximum atomic E-state index is 5.41. The van der Waals surface area contributed by atoms with Gasteiger partial charge in [-0.25, -0.2) is 0 Å². The molecule has 0 unspecified atom stereocenters. The zero-order chi connectivity index (χ0) is 20.1. The third-order valence-corrected chi connectivity index (χ3v) is 15.4. The molecule has 0 fully saturated rings. The second-order valence-electron chi connectivity index (χ2n) is 4.97. The Labute approximate surface area is 175 Å². The van der Waals surface area contributed by atoms with Crippen LogP contribution in [0.2, 0.25) is 12.1 Å². The third kappa shape index (κ3) is 10.0. The fourth-order valence-electron chi connectivity index (χ4n) is 1.90. The summed E-state index contributed by atoms with van der Waals surface area (Å²) in [5.41, 5.74) is 0. The second kappa shape index (κ2) is 15.0. The topological polar surface area (TPSA) is 55.4 Å². The third-order valence-electron chi connectivity index (χ3n) is 3.62. The maximum absolute atomic E-state index is 5.41. The molecule has 6 nitrogen and oxygen atoms in total. The lowest BCUT2D eigenvalue weighted by Crippen LogP contribution is -2.42. The monoisotopic (exact) mass is 478 g/mol. The Bertz CT molecular complexity index is 368. The number of hydrogen-bond donors (Lipinski definition) is 0. The van der Waals surface area contributed by atoms with Crippen LogP contribution in [0.1, 0.15) is 12.8 Å². The molecule has 12 heteroatoms. The van der Waals surface area contributed by atoms with Gasteiger partial charge in [0.1, 0.15) is 0 Å². The highest BCUT2D eigenvalue weighted by Crippen LogP contribution is 2.50. The fourth-order valence-corrected chi connectivity index (χ4v) is 11.3. The Morgan fingerprint density at radius 1 is 0.615 bits per heavy atom. The number of allylic oxidation sites excluding steroid dienone is 2. The van der Waals surface area contributed by atoms with Gasteiger partial charge in [0.25, 0.3) is 0 Å². The predicted octanol–water partition coefficient (Wildman–Crippen LogP) is 5.23. The summed E-state index contributed by atoms with van der Waals surface area (Å²) in [5.74, 6) is 0. The first-order valence-corrected chi connectivity index (χ1v) is 16.4. The summed E-state index contributed by atoms with van der Waals surface area (Å²) < 4.78 is 32.5. The van der Waals surface area contributed by atoms with E-state index in [0.29, 0.717) is 12.1 Å². The average molecular weight is 479 g/mol. The van der Waals surface area contributed by atoms with Crippen LogP contribution >= 0.6 is 41.2 Å². The maximum Gasteiger partial charge on any atom is 0.500 e. The van der Waals surface area contributed by atoms with E-state index in [2.05, 4.69) is 13.2 Å². The molecule has 0 radical (unpaired) electrons. The standard InChI is InChI=1S/C14H30O6S4Si2/c1-13(9-11-25(15-3,16-4)17-5)21-23-24-22-14(2)10-12-26(18-6,19-7)20-8/h1-2,9-12H2,3-8H3. The average Bonchev–Trinajstić information content (AvgIpc) is 2.68. The molecule has 0 saturated heterocycles. The molecule has 0 bridgehead atoms. The van der Waals surface area contributed by atoms with Gasteiger partial charge in [0.05, 0.1) is 0 Å². The van der Waals surface area contributed by atoms with Crippen molar-refractivity contribution in [2.75, 3.05) is 42.7 Å². The molecule has 0 rings (SSSR count). The minimum Gasteiger partial charge on any atom is -0.377 e. The van der Waals surface area contributed by atoms with Crippen molar-refractivity contribution in [3.8, 4) is 0 Å². The van der Waals surface area contributed by atoms with Gasteiger partial charge in [0.15, 0.2) is 0 Å². The Morgan fingerprint density at radius 3 is 1.12 bits per heavy atom. The van der Waals surface area contributed by atoms with Gasteiger partial charge in [-0.3, -0.25) is 0 Å². The van der Waals surface area contributed by atoms with Crippen LogP contribution in [0.5, 0.6) is 0 Å². The molecule has 0 aliphatic heterocycles. The Morgan fingerprint density at radius 2 is 0.885 bits per heavy atom. The lowest BCUT2D eigenvalue weighted by molar-refractivity contribution is 0.123. The van der Waals surface area contributed by atoms with E-state index < -0.39 is 17.6 Å². The molecule has 0 aliphatic carbocycles. The highest BCUT2D eigenvalue weighted by Gasteiger charge is 2.38. The van der Waals surface area contributed by atoms with E-state index in [9.17, 15) is 0 Å². The van der Waals surface area contributed by atoms with Crippen LogP contribution < -0.4 is 0 Å². The summed E-state index contributed by atoms with van der Waals surface area (Å²) in [4.78, 5) is 2.11. The first kappa shape index (κ1) is 27.1. The van der Waals surface area contributed by atoms with Gasteiger partial charge in [0, 0.05) is 54.7 Å². The predicted molar refractivity (Wildman–Crippen MR) is 121 cm³/mol. The molecule has 0 N–H and O–H groups in total. The summed E-state index contributed by atoms with van der Waals surface area (Å²) in [6.07, 6.45) is 1.57. The van der Waals surface area contributed by atoms with Crippen molar-refractivity contribution in [2.45, 2.75) is 24.9 Å². The molecule has 26 heavy (non-hydrogen) atoms. The number of hydrogen-bond acceptors (Lipinski definition) is 10. The van der Waals surface area contributed by atoms with E-state index in [0.717, 1.165) is 22.7 Å². The van der Waals surface area contributed by atoms with E-state index in [1.807, 2.05) is 0 Å². The SMILES string of the molecule is C=C(CC[Si](OC)(OC)OC)SSSSC(=C)CC[Si](OC)(OC)OC. The quantitative estimate of drug-likeness (QED) is 0.158. The largest absolute Gasteiger partial charge is 0.500 e. The fraction of sp³-hybridized carbons (Fsp3) is 0.714. The highest BCUT2D eigenvalue weighted by atomic mass is 33.7. The minimum atomic E-state index is -2.53. The van der Waals surface area contributed by atoms with Gasteiger partial charge in [-0.1, -0.05) is 34.7 Å². The summed E-state index contributed by atoms with van der Waals surface area (Å²) in [5, 5.41) is 0. The summed E-state index contributed by atoms with van der Waals surface area (Å²) >= 11 is 0. The molecular formula is C14H30O6S4Si2. The molecule has 0 aromatic heterocycles. The van der Waals surface area contributed by atoms with Crippen LogP contribution in [0.25, 0.3) is 0 Å². The lowest BCUT2D eigenvalue weighted by atomic mass is 10.5. The Kier molecular flexibility index (Phi) is 15.6. The van der Waals surface area contributed by atoms with Crippen LogP contribution in [0.3, 0.4) is 0 Å². The zero-order valence-corrected chi connectivity index (χ0v) is 21.6. The molecular weight excluding hydrogens is 449 g/mol. The Balaban J connectivity index is 4.01. The van der Waals surface area contributed by atoms with E-state index >= 15 is 0 Å². The van der Waals surface area contributed by atoms with Gasteiger partial charge in [-0.2, -0.15) is 0 Å². The summed E-state index contributed by atoms with van der Waals surface area (Å²) in [6, 6.07) is 1.43. The summed E-state index contributed by atoms with van der Waals surface area (Å²) in [7, 11) is 11.3. The van der Waals surface area contributed by atoms with Gasteiger partial charge < -0.3 is 26.6 Å². The lowest BCUT2D eigenvalue weighted by Gasteiger charge is -2.24. The van der Waals surface area contributed by atoms with Crippen molar-refractivity contribution >= 4 is 58.8 Å². The van der Waals surface area contributed by atoms with Crippen LogP contribution in [-0.4, -0.2) is 60.3 Å². The molecule has 0 saturated carbocycles. The van der Waals surface area contributed by atoms with E-state index in [4.69, 9.17) is 26.6 Å². The van der Waals surface area contributed by atoms with Crippen LogP contribution in [0.4, 0.5) is 0 Å².